The van der Waals surface area contributed by atoms with Crippen LogP contribution < -0.4 is 0 Å². The van der Waals surface area contributed by atoms with Gasteiger partial charge >= 0.3 is 12.0 Å². The van der Waals surface area contributed by atoms with E-state index in [1.165, 1.54) is 11.5 Å². The SMILES string of the molecule is Cc1ccc(C(=O)O/C(=N\c2cc(C)ns2)N(C)C)cc1. The highest BCUT2D eigenvalue weighted by Crippen LogP contribution is 2.20. The lowest BCUT2D eigenvalue weighted by Gasteiger charge is -2.14. The molecule has 0 aliphatic rings. The number of rotatable bonds is 2. The van der Waals surface area contributed by atoms with Gasteiger partial charge in [-0.1, -0.05) is 17.7 Å². The van der Waals surface area contributed by atoms with E-state index >= 15 is 0 Å². The van der Waals surface area contributed by atoms with Gasteiger partial charge in [-0.2, -0.15) is 9.37 Å². The maximum absolute atomic E-state index is 12.1. The first-order valence-corrected chi connectivity index (χ1v) is 7.21. The van der Waals surface area contributed by atoms with E-state index in [0.29, 0.717) is 10.6 Å². The number of benzene rings is 1. The molecular formula is C15H17N3O2S. The standard InChI is InChI=1S/C15H17N3O2S/c1-10-5-7-12(8-6-10)14(19)20-15(18(3)4)16-13-9-11(2)17-21-13/h5-9H,1-4H3/b16-15-. The lowest BCUT2D eigenvalue weighted by Crippen LogP contribution is -2.27. The van der Waals surface area contributed by atoms with Gasteiger partial charge in [-0.25, -0.2) is 4.79 Å². The van der Waals surface area contributed by atoms with Crippen molar-refractivity contribution in [2.45, 2.75) is 13.8 Å². The number of nitrogens with zero attached hydrogens (tertiary/aromatic N) is 3. The van der Waals surface area contributed by atoms with Crippen LogP contribution in [0.15, 0.2) is 35.3 Å². The molecule has 0 atom stereocenters. The van der Waals surface area contributed by atoms with Gasteiger partial charge in [-0.3, -0.25) is 0 Å². The zero-order valence-electron chi connectivity index (χ0n) is 12.5. The largest absolute Gasteiger partial charge is 0.389 e. The van der Waals surface area contributed by atoms with Gasteiger partial charge in [0.15, 0.2) is 0 Å². The van der Waals surface area contributed by atoms with Gasteiger partial charge in [-0.15, -0.1) is 0 Å². The lowest BCUT2D eigenvalue weighted by molar-refractivity contribution is 0.0691. The minimum absolute atomic E-state index is 0.240. The molecule has 2 aromatic rings. The number of esters is 1. The summed E-state index contributed by atoms with van der Waals surface area (Å²) in [4.78, 5) is 18.1. The summed E-state index contributed by atoms with van der Waals surface area (Å²) in [5.74, 6) is -0.427. The molecule has 0 unspecified atom stereocenters. The zero-order chi connectivity index (χ0) is 15.4. The fraction of sp³-hybridized carbons (Fsp3) is 0.267. The highest BCUT2D eigenvalue weighted by atomic mass is 32.1. The normalized spacial score (nSPS) is 11.3. The minimum atomic E-state index is -0.427. The Balaban J connectivity index is 2.18. The van der Waals surface area contributed by atoms with Crippen molar-refractivity contribution >= 4 is 28.5 Å². The summed E-state index contributed by atoms with van der Waals surface area (Å²) in [6.45, 7) is 3.86. The first-order valence-electron chi connectivity index (χ1n) is 6.44. The third-order valence-electron chi connectivity index (χ3n) is 2.68. The number of hydrogen-bond donors (Lipinski definition) is 0. The van der Waals surface area contributed by atoms with Gasteiger partial charge in [0.1, 0.15) is 5.00 Å². The number of aromatic nitrogens is 1. The summed E-state index contributed by atoms with van der Waals surface area (Å²) in [7, 11) is 3.55. The number of carbonyl (C=O) groups is 1. The van der Waals surface area contributed by atoms with Crippen molar-refractivity contribution in [2.24, 2.45) is 4.99 Å². The number of aliphatic imine (C=N–C) groups is 1. The Morgan fingerprint density at radius 2 is 1.90 bits per heavy atom. The second-order valence-electron chi connectivity index (χ2n) is 4.85. The summed E-state index contributed by atoms with van der Waals surface area (Å²) in [5, 5.41) is 0.702. The highest BCUT2D eigenvalue weighted by Gasteiger charge is 2.14. The average molecular weight is 303 g/mol. The van der Waals surface area contributed by atoms with Crippen molar-refractivity contribution in [3.05, 3.63) is 47.2 Å². The molecule has 5 nitrogen and oxygen atoms in total. The molecule has 0 radical (unpaired) electrons. The summed E-state index contributed by atoms with van der Waals surface area (Å²) in [6, 6.07) is 9.30. The quantitative estimate of drug-likeness (QED) is 0.486. The van der Waals surface area contributed by atoms with Gasteiger partial charge in [0.05, 0.1) is 11.3 Å². The Kier molecular flexibility index (Phi) is 4.70. The maximum Gasteiger partial charge on any atom is 0.345 e. The van der Waals surface area contributed by atoms with E-state index < -0.39 is 5.97 Å². The van der Waals surface area contributed by atoms with Crippen molar-refractivity contribution in [3.8, 4) is 0 Å². The fourth-order valence-electron chi connectivity index (χ4n) is 1.54. The molecule has 0 N–H and O–H groups in total. The van der Waals surface area contributed by atoms with E-state index in [0.717, 1.165) is 11.3 Å². The van der Waals surface area contributed by atoms with Crippen LogP contribution in [0.2, 0.25) is 0 Å². The average Bonchev–Trinajstić information content (AvgIpc) is 2.84. The van der Waals surface area contributed by atoms with Crippen molar-refractivity contribution in [1.82, 2.24) is 9.27 Å². The van der Waals surface area contributed by atoms with Crippen LogP contribution in [-0.2, 0) is 4.74 Å². The molecule has 1 aromatic carbocycles. The number of amidine groups is 1. The summed E-state index contributed by atoms with van der Waals surface area (Å²) in [5.41, 5.74) is 2.48. The summed E-state index contributed by atoms with van der Waals surface area (Å²) < 4.78 is 9.52. The Morgan fingerprint density at radius 3 is 2.43 bits per heavy atom. The van der Waals surface area contributed by atoms with Gasteiger partial charge in [-0.05, 0) is 43.6 Å². The Morgan fingerprint density at radius 1 is 1.24 bits per heavy atom. The van der Waals surface area contributed by atoms with Gasteiger partial charge in [0.25, 0.3) is 0 Å². The van der Waals surface area contributed by atoms with Gasteiger partial charge < -0.3 is 9.64 Å². The molecule has 0 spiro atoms. The molecule has 0 saturated carbocycles. The van der Waals surface area contributed by atoms with Crippen molar-refractivity contribution in [1.29, 1.82) is 0 Å². The first kappa shape index (κ1) is 15.2. The monoisotopic (exact) mass is 303 g/mol. The van der Waals surface area contributed by atoms with Gasteiger partial charge in [0.2, 0.25) is 0 Å². The predicted octanol–water partition coefficient (Wildman–Crippen LogP) is 3.17. The summed E-state index contributed by atoms with van der Waals surface area (Å²) >= 11 is 1.26. The van der Waals surface area contributed by atoms with Crippen LogP contribution in [0.5, 0.6) is 0 Å². The molecule has 21 heavy (non-hydrogen) atoms. The van der Waals surface area contributed by atoms with E-state index in [2.05, 4.69) is 9.37 Å². The van der Waals surface area contributed by atoms with E-state index in [-0.39, 0.29) is 6.02 Å². The molecule has 0 aliphatic carbocycles. The van der Waals surface area contributed by atoms with E-state index in [4.69, 9.17) is 4.74 Å². The molecule has 0 fully saturated rings. The number of ether oxygens (including phenoxy) is 1. The molecule has 6 heteroatoms. The number of aryl methyl sites for hydroxylation is 2. The molecule has 0 amide bonds. The lowest BCUT2D eigenvalue weighted by atomic mass is 10.1. The van der Waals surface area contributed by atoms with Crippen molar-refractivity contribution in [3.63, 3.8) is 0 Å². The molecule has 0 saturated heterocycles. The summed E-state index contributed by atoms with van der Waals surface area (Å²) in [6.07, 6.45) is 0. The smallest absolute Gasteiger partial charge is 0.345 e. The van der Waals surface area contributed by atoms with Crippen LogP contribution in [-0.4, -0.2) is 35.4 Å². The number of hydrogen-bond acceptors (Lipinski definition) is 5. The van der Waals surface area contributed by atoms with Crippen LogP contribution in [0.4, 0.5) is 5.00 Å². The Hall–Kier alpha value is -2.21. The topological polar surface area (TPSA) is 54.8 Å². The molecule has 2 rings (SSSR count). The van der Waals surface area contributed by atoms with E-state index in [1.54, 1.807) is 31.1 Å². The third kappa shape index (κ3) is 4.13. The van der Waals surface area contributed by atoms with Crippen LogP contribution in [0.3, 0.4) is 0 Å². The predicted molar refractivity (Wildman–Crippen MR) is 84.2 cm³/mol. The molecule has 110 valence electrons. The fourth-order valence-corrected chi connectivity index (χ4v) is 2.18. The molecule has 1 aromatic heterocycles. The molecule has 1 heterocycles. The third-order valence-corrected chi connectivity index (χ3v) is 3.45. The molecule has 0 aliphatic heterocycles. The second kappa shape index (κ2) is 6.49. The van der Waals surface area contributed by atoms with Crippen molar-refractivity contribution in [2.75, 3.05) is 14.1 Å². The Bertz CT molecular complexity index is 660. The highest BCUT2D eigenvalue weighted by molar-refractivity contribution is 7.09. The van der Waals surface area contributed by atoms with Crippen LogP contribution in [0.1, 0.15) is 21.6 Å². The van der Waals surface area contributed by atoms with E-state index in [1.807, 2.05) is 32.0 Å². The maximum atomic E-state index is 12.1. The van der Waals surface area contributed by atoms with Gasteiger partial charge in [0, 0.05) is 14.1 Å². The van der Waals surface area contributed by atoms with E-state index in [9.17, 15) is 4.79 Å². The second-order valence-corrected chi connectivity index (χ2v) is 5.63. The number of carbonyl (C=O) groups excluding carboxylic acids is 1. The zero-order valence-corrected chi connectivity index (χ0v) is 13.3. The minimum Gasteiger partial charge on any atom is -0.389 e. The van der Waals surface area contributed by atoms with Crippen LogP contribution >= 0.6 is 11.5 Å². The van der Waals surface area contributed by atoms with Crippen LogP contribution in [0, 0.1) is 13.8 Å². The Labute approximate surface area is 128 Å². The molecular weight excluding hydrogens is 286 g/mol. The van der Waals surface area contributed by atoms with Crippen LogP contribution in [0.25, 0.3) is 0 Å². The van der Waals surface area contributed by atoms with Crippen molar-refractivity contribution < 1.29 is 9.53 Å². The molecule has 0 bridgehead atoms. The first-order chi connectivity index (χ1) is 9.95.